The van der Waals surface area contributed by atoms with Gasteiger partial charge in [-0.1, -0.05) is 38.1 Å². The van der Waals surface area contributed by atoms with Gasteiger partial charge >= 0.3 is 5.97 Å². The molecule has 0 saturated heterocycles. The Hall–Kier alpha value is -3.25. The first-order chi connectivity index (χ1) is 16.2. The van der Waals surface area contributed by atoms with Gasteiger partial charge in [-0.15, -0.1) is 0 Å². The van der Waals surface area contributed by atoms with Crippen LogP contribution < -0.4 is 10.9 Å². The molecule has 0 aliphatic heterocycles. The van der Waals surface area contributed by atoms with Crippen molar-refractivity contribution < 1.29 is 9.90 Å². The molecule has 180 valence electrons. The highest BCUT2D eigenvalue weighted by atomic mass is 16.4. The molecule has 0 spiro atoms. The number of hydrogen-bond donors (Lipinski definition) is 2. The van der Waals surface area contributed by atoms with Crippen molar-refractivity contribution in [3.8, 4) is 11.1 Å². The maximum absolute atomic E-state index is 12.7. The van der Waals surface area contributed by atoms with Crippen LogP contribution in [0.15, 0.2) is 59.7 Å². The number of nitrogens with zero attached hydrogens (tertiary/aromatic N) is 2. The molecule has 34 heavy (non-hydrogen) atoms. The van der Waals surface area contributed by atoms with E-state index in [1.165, 1.54) is 0 Å². The predicted octanol–water partition coefficient (Wildman–Crippen LogP) is 5.23. The molecule has 6 nitrogen and oxygen atoms in total. The van der Waals surface area contributed by atoms with Gasteiger partial charge in [0.25, 0.3) is 5.56 Å². The molecule has 0 aliphatic carbocycles. The van der Waals surface area contributed by atoms with E-state index in [4.69, 9.17) is 0 Å². The number of pyridine rings is 2. The van der Waals surface area contributed by atoms with Crippen molar-refractivity contribution in [3.63, 3.8) is 0 Å². The molecule has 3 rings (SSSR count). The highest BCUT2D eigenvalue weighted by Crippen LogP contribution is 2.29. The molecule has 2 aromatic heterocycles. The number of aryl methyl sites for hydroxylation is 3. The number of carbonyl (C=O) groups is 1. The molecule has 0 bridgehead atoms. The monoisotopic (exact) mass is 461 g/mol. The molecule has 3 aromatic rings. The molecule has 0 saturated carbocycles. The van der Waals surface area contributed by atoms with Crippen molar-refractivity contribution in [2.75, 3.05) is 6.54 Å². The van der Waals surface area contributed by atoms with Crippen LogP contribution in [0, 0.1) is 26.7 Å². The van der Waals surface area contributed by atoms with E-state index < -0.39 is 12.0 Å². The van der Waals surface area contributed by atoms with Crippen molar-refractivity contribution >= 4 is 5.97 Å². The molecule has 2 heterocycles. The van der Waals surface area contributed by atoms with Crippen molar-refractivity contribution in [3.05, 3.63) is 87.6 Å². The quantitative estimate of drug-likeness (QED) is 0.432. The first-order valence-corrected chi connectivity index (χ1v) is 11.8. The van der Waals surface area contributed by atoms with Crippen LogP contribution in [0.5, 0.6) is 0 Å². The second-order valence-electron chi connectivity index (χ2n) is 9.51. The fraction of sp³-hybridized carbons (Fsp3) is 0.393. The lowest BCUT2D eigenvalue weighted by Gasteiger charge is -2.26. The first kappa shape index (κ1) is 25.4. The van der Waals surface area contributed by atoms with Gasteiger partial charge in [-0.05, 0) is 67.5 Å². The van der Waals surface area contributed by atoms with Gasteiger partial charge in [0.2, 0.25) is 0 Å². The SMILES string of the molecule is Cc1ccn(C(CNC(CC(=O)O)c2cnc(C)c(-c3ccccc3C)c2)CC(C)C)c(=O)c1. The van der Waals surface area contributed by atoms with Crippen molar-refractivity contribution in [1.29, 1.82) is 0 Å². The summed E-state index contributed by atoms with van der Waals surface area (Å²) in [7, 11) is 0. The van der Waals surface area contributed by atoms with Crippen molar-refractivity contribution in [1.82, 2.24) is 14.9 Å². The normalized spacial score (nSPS) is 13.1. The van der Waals surface area contributed by atoms with Gasteiger partial charge in [0, 0.05) is 48.3 Å². The van der Waals surface area contributed by atoms with E-state index in [-0.39, 0.29) is 18.0 Å². The van der Waals surface area contributed by atoms with Crippen molar-refractivity contribution in [2.24, 2.45) is 5.92 Å². The maximum atomic E-state index is 12.7. The largest absolute Gasteiger partial charge is 0.481 e. The number of benzene rings is 1. The Morgan fingerprint density at radius 1 is 1.09 bits per heavy atom. The van der Waals surface area contributed by atoms with E-state index in [9.17, 15) is 14.7 Å². The van der Waals surface area contributed by atoms with Gasteiger partial charge in [-0.25, -0.2) is 0 Å². The van der Waals surface area contributed by atoms with Crippen LogP contribution in [0.25, 0.3) is 11.1 Å². The number of carboxylic acid groups (broad SMARTS) is 1. The van der Waals surface area contributed by atoms with Crippen LogP contribution in [0.4, 0.5) is 0 Å². The molecule has 0 aliphatic rings. The molecule has 2 atom stereocenters. The molecular formula is C28H35N3O3. The molecule has 0 radical (unpaired) electrons. The Balaban J connectivity index is 1.92. The standard InChI is InChI=1S/C28H35N3O3/c1-18(2)12-23(31-11-10-19(3)13-27(31)32)17-30-26(15-28(33)34)22-14-25(21(5)29-16-22)24-9-7-6-8-20(24)4/h6-11,13-14,16,18,23,26,30H,12,15,17H2,1-5H3,(H,33,34). The number of aliphatic carboxylic acids is 1. The number of hydrogen-bond acceptors (Lipinski definition) is 4. The smallest absolute Gasteiger partial charge is 0.305 e. The minimum atomic E-state index is -0.886. The zero-order chi connectivity index (χ0) is 24.8. The summed E-state index contributed by atoms with van der Waals surface area (Å²) in [6.07, 6.45) is 4.32. The molecule has 0 amide bonds. The van der Waals surface area contributed by atoms with E-state index in [1.807, 2.05) is 44.3 Å². The Kier molecular flexibility index (Phi) is 8.40. The predicted molar refractivity (Wildman–Crippen MR) is 136 cm³/mol. The highest BCUT2D eigenvalue weighted by molar-refractivity contribution is 5.71. The molecular weight excluding hydrogens is 426 g/mol. The maximum Gasteiger partial charge on any atom is 0.305 e. The lowest BCUT2D eigenvalue weighted by molar-refractivity contribution is -0.137. The highest BCUT2D eigenvalue weighted by Gasteiger charge is 2.21. The van der Waals surface area contributed by atoms with Gasteiger partial charge < -0.3 is 15.0 Å². The van der Waals surface area contributed by atoms with Crippen LogP contribution in [-0.4, -0.2) is 27.2 Å². The van der Waals surface area contributed by atoms with Gasteiger partial charge in [-0.3, -0.25) is 14.6 Å². The van der Waals surface area contributed by atoms with E-state index in [1.54, 1.807) is 16.8 Å². The molecule has 1 aromatic carbocycles. The Bertz CT molecular complexity index is 1200. The van der Waals surface area contributed by atoms with Crippen LogP contribution >= 0.6 is 0 Å². The summed E-state index contributed by atoms with van der Waals surface area (Å²) < 4.78 is 1.75. The zero-order valence-electron chi connectivity index (χ0n) is 20.7. The van der Waals surface area contributed by atoms with Crippen LogP contribution in [0.2, 0.25) is 0 Å². The summed E-state index contributed by atoms with van der Waals surface area (Å²) >= 11 is 0. The second-order valence-corrected chi connectivity index (χ2v) is 9.51. The molecule has 2 N–H and O–H groups in total. The third kappa shape index (κ3) is 6.41. The lowest BCUT2D eigenvalue weighted by atomic mass is 9.95. The fourth-order valence-electron chi connectivity index (χ4n) is 4.38. The van der Waals surface area contributed by atoms with Crippen LogP contribution in [-0.2, 0) is 4.79 Å². The minimum Gasteiger partial charge on any atom is -0.481 e. The Morgan fingerprint density at radius 3 is 2.47 bits per heavy atom. The van der Waals surface area contributed by atoms with Gasteiger partial charge in [0.15, 0.2) is 0 Å². The van der Waals surface area contributed by atoms with Crippen LogP contribution in [0.3, 0.4) is 0 Å². The number of nitrogens with one attached hydrogen (secondary N) is 1. The van der Waals surface area contributed by atoms with Crippen molar-refractivity contribution in [2.45, 2.75) is 59.5 Å². The number of rotatable bonds is 10. The topological polar surface area (TPSA) is 84.2 Å². The molecule has 6 heteroatoms. The summed E-state index contributed by atoms with van der Waals surface area (Å²) in [5.41, 5.74) is 5.84. The van der Waals surface area contributed by atoms with E-state index in [2.05, 4.69) is 43.2 Å². The third-order valence-electron chi connectivity index (χ3n) is 6.16. The summed E-state index contributed by atoms with van der Waals surface area (Å²) in [6, 6.07) is 13.2. The summed E-state index contributed by atoms with van der Waals surface area (Å²) in [5, 5.41) is 13.1. The summed E-state index contributed by atoms with van der Waals surface area (Å²) in [6.45, 7) is 10.7. The summed E-state index contributed by atoms with van der Waals surface area (Å²) in [4.78, 5) is 29.0. The van der Waals surface area contributed by atoms with E-state index in [0.29, 0.717) is 12.5 Å². The molecule has 2 unspecified atom stereocenters. The Labute approximate surface area is 201 Å². The number of aromatic nitrogens is 2. The number of carboxylic acids is 1. The van der Waals surface area contributed by atoms with E-state index in [0.717, 1.165) is 39.9 Å². The van der Waals surface area contributed by atoms with Gasteiger partial charge in [-0.2, -0.15) is 0 Å². The van der Waals surface area contributed by atoms with Gasteiger partial charge in [0.05, 0.1) is 6.42 Å². The van der Waals surface area contributed by atoms with Gasteiger partial charge in [0.1, 0.15) is 0 Å². The fourth-order valence-corrected chi connectivity index (χ4v) is 4.38. The molecule has 0 fully saturated rings. The Morgan fingerprint density at radius 2 is 1.82 bits per heavy atom. The zero-order valence-corrected chi connectivity index (χ0v) is 20.7. The first-order valence-electron chi connectivity index (χ1n) is 11.8. The average Bonchev–Trinajstić information content (AvgIpc) is 2.76. The minimum absolute atomic E-state index is 0.0407. The van der Waals surface area contributed by atoms with Crippen LogP contribution in [0.1, 0.15) is 61.2 Å². The lowest BCUT2D eigenvalue weighted by Crippen LogP contribution is -2.35. The second kappa shape index (κ2) is 11.3. The average molecular weight is 462 g/mol. The third-order valence-corrected chi connectivity index (χ3v) is 6.16. The van der Waals surface area contributed by atoms with E-state index >= 15 is 0 Å². The summed E-state index contributed by atoms with van der Waals surface area (Å²) in [5.74, 6) is -0.505.